The average Bonchev–Trinajstić information content (AvgIpc) is 3.33. The number of amides is 3. The first-order chi connectivity index (χ1) is 13.0. The molecule has 8 heteroatoms. The van der Waals surface area contributed by atoms with Crippen LogP contribution in [0.15, 0.2) is 53.3 Å². The van der Waals surface area contributed by atoms with Gasteiger partial charge in [0.2, 0.25) is 0 Å². The van der Waals surface area contributed by atoms with Crippen LogP contribution in [0.25, 0.3) is 10.9 Å². The lowest BCUT2D eigenvalue weighted by molar-refractivity contribution is -0.124. The van der Waals surface area contributed by atoms with Gasteiger partial charge in [-0.25, -0.2) is 0 Å². The molecule has 2 aromatic heterocycles. The van der Waals surface area contributed by atoms with Crippen molar-refractivity contribution in [2.24, 2.45) is 5.92 Å². The number of hydrogen-bond donors (Lipinski definition) is 4. The number of nitrogens with one attached hydrogen (secondary N) is 4. The molecule has 2 heterocycles. The molecule has 3 amide bonds. The molecule has 0 fully saturated rings. The van der Waals surface area contributed by atoms with Crippen molar-refractivity contribution in [2.45, 2.75) is 19.9 Å². The summed E-state index contributed by atoms with van der Waals surface area (Å²) < 4.78 is 5.03. The van der Waals surface area contributed by atoms with Gasteiger partial charge in [-0.05, 0) is 24.1 Å². The zero-order valence-corrected chi connectivity index (χ0v) is 14.9. The number of H-pyrrole nitrogens is 1. The number of aromatic amines is 1. The highest BCUT2D eigenvalue weighted by Gasteiger charge is 2.26. The molecule has 0 radical (unpaired) electrons. The Morgan fingerprint density at radius 3 is 2.48 bits per heavy atom. The van der Waals surface area contributed by atoms with Gasteiger partial charge < -0.3 is 14.7 Å². The Balaban J connectivity index is 1.63. The minimum atomic E-state index is -0.842. The molecule has 0 saturated carbocycles. The van der Waals surface area contributed by atoms with Crippen LogP contribution in [0.1, 0.15) is 34.8 Å². The largest absolute Gasteiger partial charge is 0.459 e. The van der Waals surface area contributed by atoms with Crippen LogP contribution in [0.2, 0.25) is 0 Å². The predicted molar refractivity (Wildman–Crippen MR) is 98.7 cm³/mol. The molecule has 27 heavy (non-hydrogen) atoms. The zero-order chi connectivity index (χ0) is 19.4. The van der Waals surface area contributed by atoms with Gasteiger partial charge in [-0.15, -0.1) is 0 Å². The number of hydrogen-bond acceptors (Lipinski definition) is 4. The normalized spacial score (nSPS) is 12.0. The van der Waals surface area contributed by atoms with Crippen molar-refractivity contribution < 1.29 is 18.8 Å². The van der Waals surface area contributed by atoms with Gasteiger partial charge in [-0.2, -0.15) is 0 Å². The van der Waals surface area contributed by atoms with Crippen molar-refractivity contribution in [1.29, 1.82) is 0 Å². The van der Waals surface area contributed by atoms with Crippen molar-refractivity contribution in [3.63, 3.8) is 0 Å². The highest BCUT2D eigenvalue weighted by Crippen LogP contribution is 2.17. The minimum Gasteiger partial charge on any atom is -0.459 e. The van der Waals surface area contributed by atoms with E-state index in [0.717, 1.165) is 10.9 Å². The lowest BCUT2D eigenvalue weighted by Gasteiger charge is -2.21. The second-order valence-corrected chi connectivity index (χ2v) is 6.36. The van der Waals surface area contributed by atoms with E-state index >= 15 is 0 Å². The molecule has 0 aliphatic heterocycles. The first kappa shape index (κ1) is 18.2. The minimum absolute atomic E-state index is 0.108. The molecular formula is C19H20N4O4. The van der Waals surface area contributed by atoms with Crippen LogP contribution < -0.4 is 16.2 Å². The van der Waals surface area contributed by atoms with Gasteiger partial charge in [0, 0.05) is 17.1 Å². The van der Waals surface area contributed by atoms with Crippen LogP contribution in [-0.4, -0.2) is 28.7 Å². The molecule has 0 bridgehead atoms. The summed E-state index contributed by atoms with van der Waals surface area (Å²) >= 11 is 0. The van der Waals surface area contributed by atoms with Gasteiger partial charge >= 0.3 is 0 Å². The third-order valence-electron chi connectivity index (χ3n) is 4.11. The monoisotopic (exact) mass is 368 g/mol. The quantitative estimate of drug-likeness (QED) is 0.515. The van der Waals surface area contributed by atoms with E-state index in [4.69, 9.17) is 4.42 Å². The van der Waals surface area contributed by atoms with Crippen molar-refractivity contribution in [1.82, 2.24) is 21.2 Å². The summed E-state index contributed by atoms with van der Waals surface area (Å²) in [6, 6.07) is 9.59. The van der Waals surface area contributed by atoms with E-state index in [1.54, 1.807) is 26.1 Å². The summed E-state index contributed by atoms with van der Waals surface area (Å²) in [6.45, 7) is 3.57. The number of carbonyl (C=O) groups excluding carboxylic acids is 3. The number of hydrazine groups is 1. The van der Waals surface area contributed by atoms with Gasteiger partial charge in [-0.1, -0.05) is 32.0 Å². The summed E-state index contributed by atoms with van der Waals surface area (Å²) in [7, 11) is 0. The predicted octanol–water partition coefficient (Wildman–Crippen LogP) is 1.98. The van der Waals surface area contributed by atoms with E-state index in [0.29, 0.717) is 5.56 Å². The first-order valence-corrected chi connectivity index (χ1v) is 8.48. The van der Waals surface area contributed by atoms with Crippen LogP contribution in [0.4, 0.5) is 0 Å². The molecule has 0 aliphatic rings. The number of carbonyl (C=O) groups is 3. The zero-order valence-electron chi connectivity index (χ0n) is 14.9. The summed E-state index contributed by atoms with van der Waals surface area (Å²) in [5.74, 6) is -1.58. The molecule has 1 aromatic carbocycles. The maximum absolute atomic E-state index is 12.4. The molecule has 8 nitrogen and oxygen atoms in total. The van der Waals surface area contributed by atoms with Crippen molar-refractivity contribution >= 4 is 28.6 Å². The standard InChI is InChI=1S/C19H20N4O4/c1-11(2)16(21-18(25)15-8-5-9-27-15)19(26)23-22-17(24)13-10-20-14-7-4-3-6-12(13)14/h3-11,16,20H,1-2H3,(H,21,25)(H,22,24)(H,23,26)/t16-/m1/s1. The second kappa shape index (κ2) is 7.77. The van der Waals surface area contributed by atoms with Gasteiger partial charge in [0.1, 0.15) is 6.04 Å². The number of fused-ring (bicyclic) bond motifs is 1. The maximum Gasteiger partial charge on any atom is 0.287 e. The Bertz CT molecular complexity index is 959. The van der Waals surface area contributed by atoms with Crippen molar-refractivity contribution in [3.05, 3.63) is 60.2 Å². The molecule has 1 atom stereocenters. The molecule has 0 unspecified atom stereocenters. The van der Waals surface area contributed by atoms with Gasteiger partial charge in [-0.3, -0.25) is 25.2 Å². The Labute approximate surface area is 155 Å². The molecule has 4 N–H and O–H groups in total. The highest BCUT2D eigenvalue weighted by molar-refractivity contribution is 6.07. The van der Waals surface area contributed by atoms with Crippen LogP contribution in [0.3, 0.4) is 0 Å². The van der Waals surface area contributed by atoms with Gasteiger partial charge in [0.25, 0.3) is 17.7 Å². The Morgan fingerprint density at radius 2 is 1.78 bits per heavy atom. The third-order valence-corrected chi connectivity index (χ3v) is 4.11. The molecule has 3 rings (SSSR count). The number of benzene rings is 1. The Kier molecular flexibility index (Phi) is 5.25. The van der Waals surface area contributed by atoms with E-state index in [-0.39, 0.29) is 11.7 Å². The molecule has 0 saturated heterocycles. The molecule has 0 aliphatic carbocycles. The lowest BCUT2D eigenvalue weighted by atomic mass is 10.0. The molecule has 0 spiro atoms. The smallest absolute Gasteiger partial charge is 0.287 e. The lowest BCUT2D eigenvalue weighted by Crippen LogP contribution is -2.54. The third kappa shape index (κ3) is 4.00. The van der Waals surface area contributed by atoms with Crippen LogP contribution in [0, 0.1) is 5.92 Å². The van der Waals surface area contributed by atoms with Crippen molar-refractivity contribution in [2.75, 3.05) is 0 Å². The fourth-order valence-electron chi connectivity index (χ4n) is 2.68. The average molecular weight is 368 g/mol. The van der Waals surface area contributed by atoms with Crippen LogP contribution in [-0.2, 0) is 4.79 Å². The second-order valence-electron chi connectivity index (χ2n) is 6.36. The summed E-state index contributed by atoms with van der Waals surface area (Å²) in [4.78, 5) is 39.9. The highest BCUT2D eigenvalue weighted by atomic mass is 16.3. The molecule has 140 valence electrons. The van der Waals surface area contributed by atoms with Crippen LogP contribution in [0.5, 0.6) is 0 Å². The van der Waals surface area contributed by atoms with E-state index in [1.165, 1.54) is 12.3 Å². The van der Waals surface area contributed by atoms with E-state index in [2.05, 4.69) is 21.2 Å². The van der Waals surface area contributed by atoms with Crippen LogP contribution >= 0.6 is 0 Å². The van der Waals surface area contributed by atoms with E-state index in [1.807, 2.05) is 24.3 Å². The fraction of sp³-hybridized carbons (Fsp3) is 0.211. The Hall–Kier alpha value is -3.55. The van der Waals surface area contributed by atoms with E-state index < -0.39 is 23.8 Å². The first-order valence-electron chi connectivity index (χ1n) is 8.48. The molecule has 3 aromatic rings. The number of para-hydroxylation sites is 1. The number of aromatic nitrogens is 1. The van der Waals surface area contributed by atoms with Crippen molar-refractivity contribution in [3.8, 4) is 0 Å². The van der Waals surface area contributed by atoms with Gasteiger partial charge in [0.15, 0.2) is 5.76 Å². The SMILES string of the molecule is CC(C)[C@@H](NC(=O)c1ccco1)C(=O)NNC(=O)c1c[nH]c2ccccc12. The number of rotatable bonds is 5. The summed E-state index contributed by atoms with van der Waals surface area (Å²) in [5.41, 5.74) is 5.99. The van der Waals surface area contributed by atoms with E-state index in [9.17, 15) is 14.4 Å². The molecular weight excluding hydrogens is 348 g/mol. The number of furan rings is 1. The Morgan fingerprint density at radius 1 is 1.00 bits per heavy atom. The summed E-state index contributed by atoms with van der Waals surface area (Å²) in [6.07, 6.45) is 2.95. The maximum atomic E-state index is 12.4. The van der Waals surface area contributed by atoms with Gasteiger partial charge in [0.05, 0.1) is 11.8 Å². The summed E-state index contributed by atoms with van der Waals surface area (Å²) in [5, 5.41) is 3.35. The fourth-order valence-corrected chi connectivity index (χ4v) is 2.68. The topological polar surface area (TPSA) is 116 Å².